The van der Waals surface area contributed by atoms with Crippen LogP contribution in [0.25, 0.3) is 22.2 Å². The van der Waals surface area contributed by atoms with Crippen LogP contribution in [0.15, 0.2) is 42.5 Å². The van der Waals surface area contributed by atoms with Crippen LogP contribution in [-0.4, -0.2) is 14.9 Å². The van der Waals surface area contributed by atoms with Crippen molar-refractivity contribution in [2.75, 3.05) is 0 Å². The lowest BCUT2D eigenvalue weighted by atomic mass is 10.1. The fourth-order valence-corrected chi connectivity index (χ4v) is 2.42. The molecule has 0 atom stereocenters. The van der Waals surface area contributed by atoms with Gasteiger partial charge in [-0.25, -0.2) is 0 Å². The van der Waals surface area contributed by atoms with Crippen molar-refractivity contribution in [3.8, 4) is 17.0 Å². The molecule has 0 bridgehead atoms. The Morgan fingerprint density at radius 2 is 1.83 bits per heavy atom. The molecule has 0 saturated carbocycles. The molecule has 0 fully saturated rings. The van der Waals surface area contributed by atoms with E-state index in [1.807, 2.05) is 37.4 Å². The summed E-state index contributed by atoms with van der Waals surface area (Å²) in [6.07, 6.45) is 0. The van der Waals surface area contributed by atoms with Crippen LogP contribution >= 0.6 is 11.6 Å². The van der Waals surface area contributed by atoms with Gasteiger partial charge in [0.2, 0.25) is 0 Å². The van der Waals surface area contributed by atoms with Crippen molar-refractivity contribution in [3.63, 3.8) is 0 Å². The zero-order valence-corrected chi connectivity index (χ0v) is 10.5. The van der Waals surface area contributed by atoms with Crippen molar-refractivity contribution in [1.29, 1.82) is 0 Å². The first-order valence-electron chi connectivity index (χ1n) is 5.57. The highest BCUT2D eigenvalue weighted by molar-refractivity contribution is 6.35. The first-order chi connectivity index (χ1) is 8.66. The Balaban J connectivity index is 2.30. The van der Waals surface area contributed by atoms with E-state index >= 15 is 0 Å². The Hall–Kier alpha value is -2.00. The molecule has 4 heteroatoms. The van der Waals surface area contributed by atoms with E-state index in [0.717, 1.165) is 22.2 Å². The van der Waals surface area contributed by atoms with E-state index in [2.05, 4.69) is 5.10 Å². The Kier molecular flexibility index (Phi) is 2.49. The normalized spacial score (nSPS) is 11.0. The maximum Gasteiger partial charge on any atom is 0.115 e. The molecule has 18 heavy (non-hydrogen) atoms. The maximum absolute atomic E-state index is 9.32. The van der Waals surface area contributed by atoms with Gasteiger partial charge in [-0.3, -0.25) is 4.68 Å². The third-order valence-electron chi connectivity index (χ3n) is 2.96. The predicted octanol–water partition coefficient (Wildman–Crippen LogP) is 3.60. The molecule has 0 aliphatic heterocycles. The fourth-order valence-electron chi connectivity index (χ4n) is 2.12. The molecule has 0 aliphatic carbocycles. The van der Waals surface area contributed by atoms with Gasteiger partial charge >= 0.3 is 0 Å². The summed E-state index contributed by atoms with van der Waals surface area (Å²) >= 11 is 6.19. The molecule has 0 amide bonds. The van der Waals surface area contributed by atoms with Crippen LogP contribution in [0.2, 0.25) is 5.02 Å². The van der Waals surface area contributed by atoms with Gasteiger partial charge in [0.1, 0.15) is 11.4 Å². The average molecular weight is 259 g/mol. The SMILES string of the molecule is Cn1nc(-c2ccc(O)cc2)c2cccc(Cl)c21. The number of rotatable bonds is 1. The van der Waals surface area contributed by atoms with E-state index in [9.17, 15) is 5.11 Å². The second-order valence-electron chi connectivity index (χ2n) is 4.16. The van der Waals surface area contributed by atoms with Gasteiger partial charge < -0.3 is 5.11 Å². The molecule has 0 saturated heterocycles. The average Bonchev–Trinajstić information content (AvgIpc) is 2.69. The molecule has 1 N–H and O–H groups in total. The highest BCUT2D eigenvalue weighted by Crippen LogP contribution is 2.32. The number of phenols is 1. The number of aromatic hydroxyl groups is 1. The fraction of sp³-hybridized carbons (Fsp3) is 0.0714. The van der Waals surface area contributed by atoms with E-state index in [-0.39, 0.29) is 5.75 Å². The summed E-state index contributed by atoms with van der Waals surface area (Å²) in [5.41, 5.74) is 2.75. The summed E-state index contributed by atoms with van der Waals surface area (Å²) in [6.45, 7) is 0. The van der Waals surface area contributed by atoms with E-state index in [0.29, 0.717) is 5.02 Å². The number of aromatic nitrogens is 2. The number of benzene rings is 2. The van der Waals surface area contributed by atoms with Crippen molar-refractivity contribution < 1.29 is 5.11 Å². The molecule has 0 unspecified atom stereocenters. The van der Waals surface area contributed by atoms with Crippen LogP contribution in [0.3, 0.4) is 0 Å². The maximum atomic E-state index is 9.32. The lowest BCUT2D eigenvalue weighted by molar-refractivity contribution is 0.475. The monoisotopic (exact) mass is 258 g/mol. The molecule has 0 radical (unpaired) electrons. The predicted molar refractivity (Wildman–Crippen MR) is 72.8 cm³/mol. The van der Waals surface area contributed by atoms with Gasteiger partial charge in [0.15, 0.2) is 0 Å². The highest BCUT2D eigenvalue weighted by atomic mass is 35.5. The third kappa shape index (κ3) is 1.64. The Labute approximate surface area is 109 Å². The second kappa shape index (κ2) is 4.03. The Morgan fingerprint density at radius 1 is 1.11 bits per heavy atom. The number of nitrogens with zero attached hydrogens (tertiary/aromatic N) is 2. The van der Waals surface area contributed by atoms with Crippen molar-refractivity contribution in [2.45, 2.75) is 0 Å². The van der Waals surface area contributed by atoms with Crippen molar-refractivity contribution in [2.24, 2.45) is 7.05 Å². The number of halogens is 1. The molecule has 1 aromatic heterocycles. The number of phenolic OH excluding ortho intramolecular Hbond substituents is 1. The Morgan fingerprint density at radius 3 is 2.56 bits per heavy atom. The molecule has 90 valence electrons. The molecule has 3 rings (SSSR count). The van der Waals surface area contributed by atoms with Gasteiger partial charge in [-0.15, -0.1) is 0 Å². The van der Waals surface area contributed by atoms with Gasteiger partial charge in [0.25, 0.3) is 0 Å². The molecular formula is C14H11ClN2O. The smallest absolute Gasteiger partial charge is 0.115 e. The minimum absolute atomic E-state index is 0.247. The highest BCUT2D eigenvalue weighted by Gasteiger charge is 2.12. The molecule has 3 aromatic rings. The van der Waals surface area contributed by atoms with Crippen molar-refractivity contribution >= 4 is 22.5 Å². The van der Waals surface area contributed by atoms with Crippen LogP contribution in [-0.2, 0) is 7.05 Å². The van der Waals surface area contributed by atoms with Crippen molar-refractivity contribution in [3.05, 3.63) is 47.5 Å². The number of fused-ring (bicyclic) bond motifs is 1. The summed E-state index contributed by atoms with van der Waals surface area (Å²) in [5.74, 6) is 0.247. The molecule has 0 aliphatic rings. The molecule has 0 spiro atoms. The Bertz CT molecular complexity index is 716. The standard InChI is InChI=1S/C14H11ClN2O/c1-17-14-11(3-2-4-12(14)15)13(16-17)9-5-7-10(18)8-6-9/h2-8,18H,1H3. The molecule has 2 aromatic carbocycles. The summed E-state index contributed by atoms with van der Waals surface area (Å²) in [5, 5.41) is 15.5. The van der Waals surface area contributed by atoms with E-state index in [1.165, 1.54) is 0 Å². The number of para-hydroxylation sites is 1. The molecular weight excluding hydrogens is 248 g/mol. The minimum Gasteiger partial charge on any atom is -0.508 e. The van der Waals surface area contributed by atoms with Gasteiger partial charge in [0, 0.05) is 18.0 Å². The first kappa shape index (κ1) is 11.1. The van der Waals surface area contributed by atoms with Crippen LogP contribution in [0.4, 0.5) is 0 Å². The first-order valence-corrected chi connectivity index (χ1v) is 5.95. The summed E-state index contributed by atoms with van der Waals surface area (Å²) in [7, 11) is 1.87. The lowest BCUT2D eigenvalue weighted by Gasteiger charge is -1.98. The quantitative estimate of drug-likeness (QED) is 0.724. The van der Waals surface area contributed by atoms with E-state index < -0.39 is 0 Å². The van der Waals surface area contributed by atoms with Crippen LogP contribution < -0.4 is 0 Å². The molecule has 3 nitrogen and oxygen atoms in total. The van der Waals surface area contributed by atoms with Crippen LogP contribution in [0, 0.1) is 0 Å². The largest absolute Gasteiger partial charge is 0.508 e. The second-order valence-corrected chi connectivity index (χ2v) is 4.56. The van der Waals surface area contributed by atoms with Crippen molar-refractivity contribution in [1.82, 2.24) is 9.78 Å². The lowest BCUT2D eigenvalue weighted by Crippen LogP contribution is -1.90. The van der Waals surface area contributed by atoms with Gasteiger partial charge in [0.05, 0.1) is 10.5 Å². The zero-order valence-electron chi connectivity index (χ0n) is 9.76. The number of hydrogen-bond donors (Lipinski definition) is 1. The third-order valence-corrected chi connectivity index (χ3v) is 3.26. The van der Waals surface area contributed by atoms with Gasteiger partial charge in [-0.05, 0) is 30.3 Å². The molecule has 1 heterocycles. The van der Waals surface area contributed by atoms with Gasteiger partial charge in [-0.1, -0.05) is 23.7 Å². The van der Waals surface area contributed by atoms with E-state index in [4.69, 9.17) is 11.6 Å². The number of hydrogen-bond acceptors (Lipinski definition) is 2. The van der Waals surface area contributed by atoms with Crippen LogP contribution in [0.1, 0.15) is 0 Å². The summed E-state index contributed by atoms with van der Waals surface area (Å²) < 4.78 is 1.78. The van der Waals surface area contributed by atoms with Gasteiger partial charge in [-0.2, -0.15) is 5.10 Å². The number of aryl methyl sites for hydroxylation is 1. The minimum atomic E-state index is 0.247. The zero-order chi connectivity index (χ0) is 12.7. The summed E-state index contributed by atoms with van der Waals surface area (Å²) in [6, 6.07) is 12.8. The van der Waals surface area contributed by atoms with Crippen LogP contribution in [0.5, 0.6) is 5.75 Å². The summed E-state index contributed by atoms with van der Waals surface area (Å²) in [4.78, 5) is 0. The van der Waals surface area contributed by atoms with E-state index in [1.54, 1.807) is 16.8 Å². The topological polar surface area (TPSA) is 38.0 Å².